The fourth-order valence-electron chi connectivity index (χ4n) is 4.12. The van der Waals surface area contributed by atoms with Crippen LogP contribution in [-0.4, -0.2) is 12.6 Å². The van der Waals surface area contributed by atoms with Crippen LogP contribution in [0.15, 0.2) is 48.2 Å². The van der Waals surface area contributed by atoms with Gasteiger partial charge in [0, 0.05) is 23.1 Å². The van der Waals surface area contributed by atoms with Crippen molar-refractivity contribution in [2.24, 2.45) is 0 Å². The van der Waals surface area contributed by atoms with Gasteiger partial charge < -0.3 is 4.57 Å². The molecule has 3 heterocycles. The zero-order valence-corrected chi connectivity index (χ0v) is 12.1. The largest absolute Gasteiger partial charge is 0.317 e. The van der Waals surface area contributed by atoms with E-state index >= 15 is 0 Å². The van der Waals surface area contributed by atoms with Crippen LogP contribution >= 0.6 is 0 Å². The summed E-state index contributed by atoms with van der Waals surface area (Å²) in [7, 11) is -1.17. The monoisotopic (exact) mass is 251 g/mol. The molecule has 2 bridgehead atoms. The maximum absolute atomic E-state index is 2.51. The maximum Gasteiger partial charge on any atom is 0.0950 e. The predicted molar refractivity (Wildman–Crippen MR) is 78.6 cm³/mol. The van der Waals surface area contributed by atoms with E-state index < -0.39 is 8.07 Å². The Hall–Kier alpha value is -1.54. The zero-order chi connectivity index (χ0) is 12.5. The van der Waals surface area contributed by atoms with Crippen LogP contribution in [0.1, 0.15) is 23.7 Å². The molecule has 0 saturated carbocycles. The average molecular weight is 251 g/mol. The van der Waals surface area contributed by atoms with E-state index in [1.165, 1.54) is 11.4 Å². The molecule has 1 atom stereocenters. The van der Waals surface area contributed by atoms with Gasteiger partial charge in [-0.2, -0.15) is 0 Å². The van der Waals surface area contributed by atoms with E-state index in [4.69, 9.17) is 0 Å². The summed E-state index contributed by atoms with van der Waals surface area (Å²) in [6.07, 6.45) is 2.24. The Morgan fingerprint density at radius 2 is 1.78 bits per heavy atom. The molecule has 5 rings (SSSR count). The van der Waals surface area contributed by atoms with E-state index in [9.17, 15) is 0 Å². The summed E-state index contributed by atoms with van der Waals surface area (Å²) in [4.78, 5) is 0. The number of aromatic nitrogens is 1. The lowest BCUT2D eigenvalue weighted by molar-refractivity contribution is 1.06. The third kappa shape index (κ3) is 0.989. The summed E-state index contributed by atoms with van der Waals surface area (Å²) in [6, 6.07) is 13.0. The molecular weight excluding hydrogens is 234 g/mol. The SMILES string of the molecule is CC1=C2c3c(ccn3-c3ccccc3)C1[Si]2(C)C. The van der Waals surface area contributed by atoms with Gasteiger partial charge in [0.25, 0.3) is 0 Å². The van der Waals surface area contributed by atoms with Crippen molar-refractivity contribution in [3.63, 3.8) is 0 Å². The molecule has 3 aliphatic rings. The number of hydrogen-bond donors (Lipinski definition) is 0. The molecule has 2 aliphatic heterocycles. The minimum absolute atomic E-state index is 0.785. The Bertz CT molecular complexity index is 676. The first-order valence-electron chi connectivity index (χ1n) is 6.60. The standard InChI is InChI=1S/C16H17NSi/c1-11-15-13-9-10-17(12-7-5-4-6-8-12)14(13)16(11)18(15,2)3/h4-10,15H,1-3H3. The highest BCUT2D eigenvalue weighted by molar-refractivity contribution is 7.01. The number of para-hydroxylation sites is 1. The van der Waals surface area contributed by atoms with Crippen molar-refractivity contribution in [1.82, 2.24) is 4.57 Å². The number of nitrogens with zero attached hydrogens (tertiary/aromatic N) is 1. The first-order valence-corrected chi connectivity index (χ1v) is 9.68. The van der Waals surface area contributed by atoms with Crippen LogP contribution in [0.5, 0.6) is 0 Å². The first-order chi connectivity index (χ1) is 8.62. The minimum Gasteiger partial charge on any atom is -0.317 e. The molecule has 1 aromatic heterocycles. The van der Waals surface area contributed by atoms with Gasteiger partial charge in [0.1, 0.15) is 0 Å². The van der Waals surface area contributed by atoms with E-state index in [0.717, 1.165) is 5.54 Å². The second kappa shape index (κ2) is 3.07. The second-order valence-electron chi connectivity index (χ2n) is 6.04. The summed E-state index contributed by atoms with van der Waals surface area (Å²) in [5, 5.41) is 1.70. The van der Waals surface area contributed by atoms with Gasteiger partial charge in [0.05, 0.1) is 8.07 Å². The third-order valence-electron chi connectivity index (χ3n) is 4.69. The van der Waals surface area contributed by atoms with Crippen LogP contribution in [-0.2, 0) is 0 Å². The van der Waals surface area contributed by atoms with Gasteiger partial charge in [-0.25, -0.2) is 0 Å². The molecule has 2 aromatic rings. The Balaban J connectivity index is 1.95. The van der Waals surface area contributed by atoms with Crippen molar-refractivity contribution in [2.75, 3.05) is 0 Å². The van der Waals surface area contributed by atoms with E-state index in [1.807, 2.05) is 0 Å². The molecule has 18 heavy (non-hydrogen) atoms. The summed E-state index contributed by atoms with van der Waals surface area (Å²) >= 11 is 0. The molecule has 0 saturated heterocycles. The average Bonchev–Trinajstić information content (AvgIpc) is 2.93. The highest BCUT2D eigenvalue weighted by atomic mass is 28.3. The zero-order valence-electron chi connectivity index (χ0n) is 11.1. The molecule has 1 unspecified atom stereocenters. The maximum atomic E-state index is 2.51. The molecule has 1 nitrogen and oxygen atoms in total. The molecular formula is C16H17NSi. The summed E-state index contributed by atoms with van der Waals surface area (Å²) in [6.45, 7) is 7.35. The fraction of sp³-hybridized carbons (Fsp3) is 0.250. The molecule has 0 N–H and O–H groups in total. The van der Waals surface area contributed by atoms with E-state index in [1.54, 1.807) is 16.3 Å². The van der Waals surface area contributed by atoms with Gasteiger partial charge in [-0.3, -0.25) is 0 Å². The first kappa shape index (κ1) is 10.4. The molecule has 0 radical (unpaired) electrons. The van der Waals surface area contributed by atoms with E-state index in [2.05, 4.69) is 67.2 Å². The van der Waals surface area contributed by atoms with Crippen LogP contribution in [0.4, 0.5) is 0 Å². The number of rotatable bonds is 1. The van der Waals surface area contributed by atoms with Crippen LogP contribution in [0, 0.1) is 0 Å². The summed E-state index contributed by atoms with van der Waals surface area (Å²) < 4.78 is 2.38. The molecule has 1 aliphatic carbocycles. The number of hydrogen-bond acceptors (Lipinski definition) is 0. The van der Waals surface area contributed by atoms with Crippen molar-refractivity contribution in [3.8, 4) is 5.69 Å². The summed E-state index contributed by atoms with van der Waals surface area (Å²) in [5.41, 5.74) is 6.81. The summed E-state index contributed by atoms with van der Waals surface area (Å²) in [5.74, 6) is 0. The number of allylic oxidation sites excluding steroid dienone is 1. The van der Waals surface area contributed by atoms with Gasteiger partial charge in [-0.1, -0.05) is 36.9 Å². The quantitative estimate of drug-likeness (QED) is 0.671. The highest BCUT2D eigenvalue weighted by Gasteiger charge is 2.56. The predicted octanol–water partition coefficient (Wildman–Crippen LogP) is 4.15. The Labute approximate surface area is 109 Å². The molecule has 0 fully saturated rings. The minimum atomic E-state index is -1.17. The number of benzene rings is 1. The molecule has 0 amide bonds. The van der Waals surface area contributed by atoms with Gasteiger partial charge in [-0.05, 0) is 35.9 Å². The van der Waals surface area contributed by atoms with Crippen molar-refractivity contribution < 1.29 is 0 Å². The van der Waals surface area contributed by atoms with Crippen LogP contribution in [0.25, 0.3) is 10.9 Å². The molecule has 90 valence electrons. The van der Waals surface area contributed by atoms with Crippen molar-refractivity contribution >= 4 is 13.3 Å². The van der Waals surface area contributed by atoms with E-state index in [0.29, 0.717) is 0 Å². The lowest BCUT2D eigenvalue weighted by Crippen LogP contribution is -2.41. The lowest BCUT2D eigenvalue weighted by Gasteiger charge is -2.39. The highest BCUT2D eigenvalue weighted by Crippen LogP contribution is 2.61. The van der Waals surface area contributed by atoms with Crippen LogP contribution < -0.4 is 0 Å². The van der Waals surface area contributed by atoms with Crippen LogP contribution in [0.3, 0.4) is 0 Å². The van der Waals surface area contributed by atoms with Crippen molar-refractivity contribution in [2.45, 2.75) is 25.6 Å². The normalized spacial score (nSPS) is 22.9. The molecule has 2 heteroatoms. The second-order valence-corrected chi connectivity index (χ2v) is 10.6. The Morgan fingerprint density at radius 1 is 1.06 bits per heavy atom. The van der Waals surface area contributed by atoms with Gasteiger partial charge in [0.2, 0.25) is 0 Å². The molecule has 0 spiro atoms. The lowest BCUT2D eigenvalue weighted by atomic mass is 10.2. The third-order valence-corrected chi connectivity index (χ3v) is 8.80. The van der Waals surface area contributed by atoms with Crippen molar-refractivity contribution in [1.29, 1.82) is 0 Å². The smallest absolute Gasteiger partial charge is 0.0950 e. The Morgan fingerprint density at radius 3 is 2.44 bits per heavy atom. The Kier molecular flexibility index (Phi) is 1.77. The van der Waals surface area contributed by atoms with Crippen molar-refractivity contribution in [3.05, 3.63) is 59.4 Å². The fourth-order valence-corrected chi connectivity index (χ4v) is 8.46. The van der Waals surface area contributed by atoms with Gasteiger partial charge in [-0.15, -0.1) is 0 Å². The topological polar surface area (TPSA) is 4.93 Å². The molecule has 1 aromatic carbocycles. The van der Waals surface area contributed by atoms with Gasteiger partial charge in [0.15, 0.2) is 0 Å². The van der Waals surface area contributed by atoms with Gasteiger partial charge >= 0.3 is 0 Å². The van der Waals surface area contributed by atoms with E-state index in [-0.39, 0.29) is 0 Å². The van der Waals surface area contributed by atoms with Crippen LogP contribution in [0.2, 0.25) is 13.1 Å².